The number of halogens is 4. The van der Waals surface area contributed by atoms with Crippen LogP contribution in [0.25, 0.3) is 0 Å². The molecule has 0 spiro atoms. The third kappa shape index (κ3) is 5.91. The second-order valence-electron chi connectivity index (χ2n) is 5.88. The van der Waals surface area contributed by atoms with Crippen LogP contribution in [0, 0.1) is 5.82 Å². The summed E-state index contributed by atoms with van der Waals surface area (Å²) in [5.41, 5.74) is 0.516. The van der Waals surface area contributed by atoms with E-state index in [-0.39, 0.29) is 6.54 Å². The lowest BCUT2D eigenvalue weighted by molar-refractivity contribution is -0.275. The standard InChI is InChI=1S/C17H18F4N2O3S/c1-23(2)14(12-6-5-7-13(18)10-12)11-22-27(24,25)16-9-4-3-8-15(16)26-17(19,20)21/h3-10,14,22H,11H2,1-2H3. The topological polar surface area (TPSA) is 58.6 Å². The van der Waals surface area contributed by atoms with Gasteiger partial charge in [-0.15, -0.1) is 13.2 Å². The zero-order valence-corrected chi connectivity index (χ0v) is 15.3. The van der Waals surface area contributed by atoms with E-state index in [4.69, 9.17) is 0 Å². The van der Waals surface area contributed by atoms with Gasteiger partial charge in [0, 0.05) is 12.6 Å². The third-order valence-electron chi connectivity index (χ3n) is 3.69. The molecule has 0 bridgehead atoms. The molecule has 1 N–H and O–H groups in total. The molecule has 0 saturated heterocycles. The van der Waals surface area contributed by atoms with Crippen LogP contribution in [0.2, 0.25) is 0 Å². The highest BCUT2D eigenvalue weighted by Gasteiger charge is 2.34. The molecule has 1 unspecified atom stereocenters. The highest BCUT2D eigenvalue weighted by atomic mass is 32.2. The number of hydrogen-bond acceptors (Lipinski definition) is 4. The Morgan fingerprint density at radius 3 is 2.37 bits per heavy atom. The molecule has 2 rings (SSSR count). The fourth-order valence-electron chi connectivity index (χ4n) is 2.46. The number of alkyl halides is 3. The average molecular weight is 406 g/mol. The summed E-state index contributed by atoms with van der Waals surface area (Å²) in [5, 5.41) is 0. The van der Waals surface area contributed by atoms with Gasteiger partial charge in [0.25, 0.3) is 0 Å². The van der Waals surface area contributed by atoms with Crippen molar-refractivity contribution in [2.75, 3.05) is 20.6 Å². The van der Waals surface area contributed by atoms with Gasteiger partial charge >= 0.3 is 6.36 Å². The second kappa shape index (κ2) is 8.24. The van der Waals surface area contributed by atoms with E-state index in [0.717, 1.165) is 12.1 Å². The molecule has 5 nitrogen and oxygen atoms in total. The Morgan fingerprint density at radius 1 is 1.11 bits per heavy atom. The molecule has 0 fully saturated rings. The Bertz CT molecular complexity index is 886. The molecule has 1 atom stereocenters. The fourth-order valence-corrected chi connectivity index (χ4v) is 3.63. The Morgan fingerprint density at radius 2 is 1.78 bits per heavy atom. The highest BCUT2D eigenvalue weighted by Crippen LogP contribution is 2.29. The van der Waals surface area contributed by atoms with Crippen molar-refractivity contribution in [1.29, 1.82) is 0 Å². The Hall–Kier alpha value is -2.17. The minimum Gasteiger partial charge on any atom is -0.404 e. The van der Waals surface area contributed by atoms with Crippen molar-refractivity contribution in [3.63, 3.8) is 0 Å². The summed E-state index contributed by atoms with van der Waals surface area (Å²) < 4.78 is 82.1. The monoisotopic (exact) mass is 406 g/mol. The molecule has 0 radical (unpaired) electrons. The maximum Gasteiger partial charge on any atom is 0.573 e. The predicted octanol–water partition coefficient (Wildman–Crippen LogP) is 3.31. The van der Waals surface area contributed by atoms with Crippen LogP contribution in [0.5, 0.6) is 5.75 Å². The van der Waals surface area contributed by atoms with Crippen molar-refractivity contribution in [3.8, 4) is 5.75 Å². The van der Waals surface area contributed by atoms with E-state index < -0.39 is 38.9 Å². The highest BCUT2D eigenvalue weighted by molar-refractivity contribution is 7.89. The molecule has 0 aliphatic rings. The van der Waals surface area contributed by atoms with E-state index in [1.54, 1.807) is 25.1 Å². The SMILES string of the molecule is CN(C)C(CNS(=O)(=O)c1ccccc1OC(F)(F)F)c1cccc(F)c1. The van der Waals surface area contributed by atoms with Crippen LogP contribution < -0.4 is 9.46 Å². The zero-order chi connectivity index (χ0) is 20.2. The van der Waals surface area contributed by atoms with Gasteiger partial charge in [-0.2, -0.15) is 0 Å². The number of hydrogen-bond donors (Lipinski definition) is 1. The smallest absolute Gasteiger partial charge is 0.404 e. The minimum atomic E-state index is -5.03. The summed E-state index contributed by atoms with van der Waals surface area (Å²) in [6, 6.07) is 9.54. The van der Waals surface area contributed by atoms with Crippen LogP contribution in [-0.2, 0) is 10.0 Å². The molecule has 0 saturated carbocycles. The first-order chi connectivity index (χ1) is 12.5. The molecule has 0 amide bonds. The molecule has 27 heavy (non-hydrogen) atoms. The van der Waals surface area contributed by atoms with E-state index in [2.05, 4.69) is 9.46 Å². The normalized spacial score (nSPS) is 13.6. The molecule has 0 aromatic heterocycles. The largest absolute Gasteiger partial charge is 0.573 e. The summed E-state index contributed by atoms with van der Waals surface area (Å²) in [4.78, 5) is 1.02. The van der Waals surface area contributed by atoms with Gasteiger partial charge in [-0.1, -0.05) is 24.3 Å². The van der Waals surface area contributed by atoms with Gasteiger partial charge in [0.1, 0.15) is 16.5 Å². The Balaban J connectivity index is 2.26. The van der Waals surface area contributed by atoms with Gasteiger partial charge in [-0.3, -0.25) is 0 Å². The first kappa shape index (κ1) is 21.1. The molecule has 0 aliphatic heterocycles. The predicted molar refractivity (Wildman–Crippen MR) is 91.1 cm³/mol. The van der Waals surface area contributed by atoms with Gasteiger partial charge in [-0.25, -0.2) is 17.5 Å². The van der Waals surface area contributed by atoms with Gasteiger partial charge in [0.2, 0.25) is 10.0 Å². The van der Waals surface area contributed by atoms with Gasteiger partial charge < -0.3 is 9.64 Å². The van der Waals surface area contributed by atoms with E-state index in [1.807, 2.05) is 0 Å². The maximum atomic E-state index is 13.5. The number of nitrogens with zero attached hydrogens (tertiary/aromatic N) is 1. The summed E-state index contributed by atoms with van der Waals surface area (Å²) in [6.45, 7) is -0.181. The lowest BCUT2D eigenvalue weighted by Gasteiger charge is -2.25. The number of rotatable bonds is 7. The van der Waals surface area contributed by atoms with Crippen molar-refractivity contribution < 1.29 is 30.7 Å². The van der Waals surface area contributed by atoms with Crippen molar-refractivity contribution in [3.05, 3.63) is 59.9 Å². The first-order valence-corrected chi connectivity index (χ1v) is 9.24. The van der Waals surface area contributed by atoms with Gasteiger partial charge in [0.05, 0.1) is 0 Å². The van der Waals surface area contributed by atoms with Crippen LogP contribution in [0.1, 0.15) is 11.6 Å². The maximum absolute atomic E-state index is 13.5. The zero-order valence-electron chi connectivity index (χ0n) is 14.5. The average Bonchev–Trinajstić information content (AvgIpc) is 2.53. The van der Waals surface area contributed by atoms with Crippen LogP contribution in [0.15, 0.2) is 53.4 Å². The van der Waals surface area contributed by atoms with Gasteiger partial charge in [-0.05, 0) is 43.9 Å². The summed E-state index contributed by atoms with van der Waals surface area (Å²) in [6.07, 6.45) is -5.03. The molecular weight excluding hydrogens is 388 g/mol. The lowest BCUT2D eigenvalue weighted by Crippen LogP contribution is -2.35. The van der Waals surface area contributed by atoms with Gasteiger partial charge in [0.15, 0.2) is 0 Å². The molecule has 2 aromatic rings. The lowest BCUT2D eigenvalue weighted by atomic mass is 10.1. The fraction of sp³-hybridized carbons (Fsp3) is 0.294. The van der Waals surface area contributed by atoms with Crippen LogP contribution in [-0.4, -0.2) is 40.3 Å². The molecular formula is C17H18F4N2O3S. The number of benzene rings is 2. The number of nitrogens with one attached hydrogen (secondary N) is 1. The Kier molecular flexibility index (Phi) is 6.45. The van der Waals surface area contributed by atoms with E-state index >= 15 is 0 Å². The second-order valence-corrected chi connectivity index (χ2v) is 7.62. The Labute approximate surface area is 154 Å². The molecule has 10 heteroatoms. The van der Waals surface area contributed by atoms with Crippen molar-refractivity contribution in [2.24, 2.45) is 0 Å². The number of likely N-dealkylation sites (N-methyl/N-ethyl adjacent to an activating group) is 1. The molecule has 2 aromatic carbocycles. The summed E-state index contributed by atoms with van der Waals surface area (Å²) in [7, 11) is -0.963. The quantitative estimate of drug-likeness (QED) is 0.717. The number of sulfonamides is 1. The van der Waals surface area contributed by atoms with E-state index in [9.17, 15) is 26.0 Å². The minimum absolute atomic E-state index is 0.181. The van der Waals surface area contributed by atoms with Crippen LogP contribution in [0.4, 0.5) is 17.6 Å². The molecule has 0 aliphatic carbocycles. The summed E-state index contributed by atoms with van der Waals surface area (Å²) >= 11 is 0. The van der Waals surface area contributed by atoms with Crippen molar-refractivity contribution in [1.82, 2.24) is 9.62 Å². The molecule has 0 heterocycles. The number of para-hydroxylation sites is 1. The van der Waals surface area contributed by atoms with Crippen molar-refractivity contribution in [2.45, 2.75) is 17.3 Å². The molecule has 148 valence electrons. The number of ether oxygens (including phenoxy) is 1. The van der Waals surface area contributed by atoms with E-state index in [1.165, 1.54) is 30.3 Å². The van der Waals surface area contributed by atoms with Crippen LogP contribution in [0.3, 0.4) is 0 Å². The van der Waals surface area contributed by atoms with E-state index in [0.29, 0.717) is 5.56 Å². The van der Waals surface area contributed by atoms with Crippen LogP contribution >= 0.6 is 0 Å². The third-order valence-corrected chi connectivity index (χ3v) is 5.15. The summed E-state index contributed by atoms with van der Waals surface area (Å²) in [5.74, 6) is -1.31. The van der Waals surface area contributed by atoms with Crippen molar-refractivity contribution >= 4 is 10.0 Å². The first-order valence-electron chi connectivity index (χ1n) is 7.76.